The minimum Gasteiger partial charge on any atom is -0.370 e. The molecule has 1 atom stereocenters. The molecule has 0 aliphatic heterocycles. The number of aromatic nitrogens is 1. The Bertz CT molecular complexity index is 598. The highest BCUT2D eigenvalue weighted by Crippen LogP contribution is 2.29. The van der Waals surface area contributed by atoms with E-state index in [0.717, 1.165) is 17.8 Å². The van der Waals surface area contributed by atoms with Gasteiger partial charge < -0.3 is 10.2 Å². The first kappa shape index (κ1) is 15.4. The third kappa shape index (κ3) is 3.58. The number of nitrogens with zero attached hydrogens (tertiary/aromatic N) is 2. The minimum atomic E-state index is -0.159. The molecule has 0 fully saturated rings. The van der Waals surface area contributed by atoms with E-state index in [1.807, 2.05) is 39.2 Å². The second kappa shape index (κ2) is 6.68. The average Bonchev–Trinajstić information content (AvgIpc) is 2.49. The number of benzene rings is 1. The molecule has 0 bridgehead atoms. The summed E-state index contributed by atoms with van der Waals surface area (Å²) in [7, 11) is 3.91. The van der Waals surface area contributed by atoms with Crippen molar-refractivity contribution in [3.05, 3.63) is 59.2 Å². The molecule has 0 spiro atoms. The lowest BCUT2D eigenvalue weighted by atomic mass is 10.0. The van der Waals surface area contributed by atoms with E-state index in [4.69, 9.17) is 0 Å². The molecule has 1 aromatic carbocycles. The summed E-state index contributed by atoms with van der Waals surface area (Å²) in [6.07, 6.45) is 3.58. The van der Waals surface area contributed by atoms with Crippen molar-refractivity contribution in [3.8, 4) is 0 Å². The van der Waals surface area contributed by atoms with Crippen LogP contribution < -0.4 is 10.2 Å². The van der Waals surface area contributed by atoms with Crippen molar-refractivity contribution >= 4 is 5.69 Å². The van der Waals surface area contributed by atoms with Gasteiger partial charge in [-0.3, -0.25) is 4.98 Å². The summed E-state index contributed by atoms with van der Waals surface area (Å²) < 4.78 is 13.9. The van der Waals surface area contributed by atoms with Gasteiger partial charge in [-0.15, -0.1) is 0 Å². The molecule has 1 heterocycles. The van der Waals surface area contributed by atoms with Crippen LogP contribution in [0.15, 0.2) is 36.7 Å². The summed E-state index contributed by atoms with van der Waals surface area (Å²) in [6, 6.07) is 7.63. The Balaban J connectivity index is 2.35. The van der Waals surface area contributed by atoms with Crippen molar-refractivity contribution in [3.63, 3.8) is 0 Å². The molecule has 112 valence electrons. The topological polar surface area (TPSA) is 28.2 Å². The fourth-order valence-electron chi connectivity index (χ4n) is 2.36. The van der Waals surface area contributed by atoms with Gasteiger partial charge in [0.25, 0.3) is 0 Å². The number of pyridine rings is 1. The fraction of sp³-hybridized carbons (Fsp3) is 0.353. The zero-order valence-corrected chi connectivity index (χ0v) is 13.0. The zero-order valence-electron chi connectivity index (χ0n) is 13.0. The highest BCUT2D eigenvalue weighted by molar-refractivity contribution is 5.57. The molecule has 4 heteroatoms. The third-order valence-corrected chi connectivity index (χ3v) is 3.79. The Morgan fingerprint density at radius 2 is 1.95 bits per heavy atom. The van der Waals surface area contributed by atoms with Crippen molar-refractivity contribution in [2.45, 2.75) is 26.4 Å². The van der Waals surface area contributed by atoms with Crippen LogP contribution in [0.4, 0.5) is 10.1 Å². The van der Waals surface area contributed by atoms with Gasteiger partial charge >= 0.3 is 0 Å². The summed E-state index contributed by atoms with van der Waals surface area (Å²) in [6.45, 7) is 4.60. The van der Waals surface area contributed by atoms with Gasteiger partial charge in [-0.25, -0.2) is 4.39 Å². The van der Waals surface area contributed by atoms with Crippen LogP contribution in [0.1, 0.15) is 29.7 Å². The van der Waals surface area contributed by atoms with Gasteiger partial charge in [-0.05, 0) is 61.9 Å². The quantitative estimate of drug-likeness (QED) is 0.913. The van der Waals surface area contributed by atoms with E-state index in [2.05, 4.69) is 15.2 Å². The Kier molecular flexibility index (Phi) is 4.91. The van der Waals surface area contributed by atoms with Gasteiger partial charge in [0.05, 0.1) is 0 Å². The van der Waals surface area contributed by atoms with E-state index in [0.29, 0.717) is 5.56 Å². The molecule has 1 aromatic heterocycles. The van der Waals surface area contributed by atoms with Gasteiger partial charge in [0, 0.05) is 37.7 Å². The van der Waals surface area contributed by atoms with E-state index < -0.39 is 0 Å². The largest absolute Gasteiger partial charge is 0.370 e. The average molecular weight is 287 g/mol. The molecule has 1 N–H and O–H groups in total. The summed E-state index contributed by atoms with van der Waals surface area (Å²) in [4.78, 5) is 6.18. The second-order valence-corrected chi connectivity index (χ2v) is 5.38. The third-order valence-electron chi connectivity index (χ3n) is 3.79. The molecular weight excluding hydrogens is 265 g/mol. The van der Waals surface area contributed by atoms with Crippen LogP contribution in [0.25, 0.3) is 0 Å². The molecule has 3 nitrogen and oxygen atoms in total. The van der Waals surface area contributed by atoms with Gasteiger partial charge in [0.15, 0.2) is 0 Å². The monoisotopic (exact) mass is 287 g/mol. The number of anilines is 1. The molecule has 0 aliphatic carbocycles. The number of rotatable bonds is 5. The lowest BCUT2D eigenvalue weighted by Crippen LogP contribution is -2.22. The predicted molar refractivity (Wildman–Crippen MR) is 85.0 cm³/mol. The highest BCUT2D eigenvalue weighted by Gasteiger charge is 2.15. The van der Waals surface area contributed by atoms with Crippen LogP contribution >= 0.6 is 0 Å². The van der Waals surface area contributed by atoms with Crippen molar-refractivity contribution in [2.75, 3.05) is 19.0 Å². The maximum atomic E-state index is 13.9. The van der Waals surface area contributed by atoms with Crippen LogP contribution in [0.2, 0.25) is 0 Å². The summed E-state index contributed by atoms with van der Waals surface area (Å²) in [5.41, 5.74) is 3.86. The Hall–Kier alpha value is -1.94. The number of nitrogens with one attached hydrogen (secondary N) is 1. The summed E-state index contributed by atoms with van der Waals surface area (Å²) in [5, 5.41) is 3.18. The Morgan fingerprint density at radius 1 is 1.29 bits per heavy atom. The molecule has 0 radical (unpaired) electrons. The number of hydrogen-bond donors (Lipinski definition) is 1. The van der Waals surface area contributed by atoms with Gasteiger partial charge in [0.2, 0.25) is 0 Å². The molecule has 0 saturated heterocycles. The molecule has 2 rings (SSSR count). The van der Waals surface area contributed by atoms with Gasteiger partial charge in [-0.1, -0.05) is 0 Å². The van der Waals surface area contributed by atoms with Crippen LogP contribution in [0.3, 0.4) is 0 Å². The maximum absolute atomic E-state index is 13.9. The van der Waals surface area contributed by atoms with Crippen LogP contribution in [-0.2, 0) is 6.54 Å². The summed E-state index contributed by atoms with van der Waals surface area (Å²) in [5.74, 6) is -0.159. The SMILES string of the molecule is CNC(C)c1cc(F)c(C)cc1N(C)Cc1ccncc1. The first-order chi connectivity index (χ1) is 10.0. The van der Waals surface area contributed by atoms with Crippen molar-refractivity contribution < 1.29 is 4.39 Å². The van der Waals surface area contributed by atoms with Gasteiger partial charge in [0.1, 0.15) is 5.82 Å². The van der Waals surface area contributed by atoms with Crippen molar-refractivity contribution in [1.82, 2.24) is 10.3 Å². The van der Waals surface area contributed by atoms with E-state index >= 15 is 0 Å². The van der Waals surface area contributed by atoms with Gasteiger partial charge in [-0.2, -0.15) is 0 Å². The van der Waals surface area contributed by atoms with Crippen LogP contribution in [-0.4, -0.2) is 19.1 Å². The van der Waals surface area contributed by atoms with Crippen LogP contribution in [0, 0.1) is 12.7 Å². The first-order valence-electron chi connectivity index (χ1n) is 7.10. The van der Waals surface area contributed by atoms with Crippen LogP contribution in [0.5, 0.6) is 0 Å². The lowest BCUT2D eigenvalue weighted by molar-refractivity contribution is 0.600. The molecular formula is C17H22FN3. The standard InChI is InChI=1S/C17H22FN3/c1-12-9-17(15(10-16(12)18)13(2)19-3)21(4)11-14-5-7-20-8-6-14/h5-10,13,19H,11H2,1-4H3. The van der Waals surface area contributed by atoms with E-state index in [9.17, 15) is 4.39 Å². The normalized spacial score (nSPS) is 12.2. The van der Waals surface area contributed by atoms with E-state index in [-0.39, 0.29) is 11.9 Å². The molecule has 0 aliphatic rings. The Morgan fingerprint density at radius 3 is 2.57 bits per heavy atom. The summed E-state index contributed by atoms with van der Waals surface area (Å²) >= 11 is 0. The molecule has 2 aromatic rings. The molecule has 21 heavy (non-hydrogen) atoms. The number of aryl methyl sites for hydroxylation is 1. The van der Waals surface area contributed by atoms with E-state index in [1.54, 1.807) is 25.4 Å². The van der Waals surface area contributed by atoms with Crippen molar-refractivity contribution in [2.24, 2.45) is 0 Å². The number of hydrogen-bond acceptors (Lipinski definition) is 3. The minimum absolute atomic E-state index is 0.0926. The smallest absolute Gasteiger partial charge is 0.126 e. The lowest BCUT2D eigenvalue weighted by Gasteiger charge is -2.26. The molecule has 1 unspecified atom stereocenters. The molecule has 0 saturated carbocycles. The predicted octanol–water partition coefficient (Wildman–Crippen LogP) is 3.45. The Labute approximate surface area is 125 Å². The first-order valence-corrected chi connectivity index (χ1v) is 7.10. The number of halogens is 1. The maximum Gasteiger partial charge on any atom is 0.126 e. The van der Waals surface area contributed by atoms with Crippen molar-refractivity contribution in [1.29, 1.82) is 0 Å². The molecule has 0 amide bonds. The fourth-order valence-corrected chi connectivity index (χ4v) is 2.36. The zero-order chi connectivity index (χ0) is 15.4. The second-order valence-electron chi connectivity index (χ2n) is 5.38. The highest BCUT2D eigenvalue weighted by atomic mass is 19.1. The van der Waals surface area contributed by atoms with E-state index in [1.165, 1.54) is 5.56 Å².